The van der Waals surface area contributed by atoms with Gasteiger partial charge in [0.1, 0.15) is 5.01 Å². The molecule has 0 bridgehead atoms. The molecular formula is C13H18N4OS2. The van der Waals surface area contributed by atoms with Crippen LogP contribution in [0.1, 0.15) is 17.6 Å². The van der Waals surface area contributed by atoms with Gasteiger partial charge in [0.2, 0.25) is 0 Å². The smallest absolute Gasteiger partial charge is 0.180 e. The fourth-order valence-electron chi connectivity index (χ4n) is 2.25. The lowest BCUT2D eigenvalue weighted by atomic mass is 10.2. The maximum atomic E-state index is 5.73. The summed E-state index contributed by atoms with van der Waals surface area (Å²) in [4.78, 5) is 12.7. The van der Waals surface area contributed by atoms with Crippen LogP contribution < -0.4 is 5.73 Å². The lowest BCUT2D eigenvalue weighted by Crippen LogP contribution is -2.35. The normalized spacial score (nSPS) is 16.6. The number of aryl methyl sites for hydroxylation is 1. The Labute approximate surface area is 126 Å². The Morgan fingerprint density at radius 2 is 2.15 bits per heavy atom. The van der Waals surface area contributed by atoms with Crippen LogP contribution in [0.2, 0.25) is 0 Å². The third-order valence-corrected chi connectivity index (χ3v) is 5.07. The van der Waals surface area contributed by atoms with Crippen molar-refractivity contribution in [3.63, 3.8) is 0 Å². The van der Waals surface area contributed by atoms with Crippen LogP contribution in [0, 0.1) is 0 Å². The average Bonchev–Trinajstić information content (AvgIpc) is 3.06. The number of hydrogen-bond donors (Lipinski definition) is 1. The van der Waals surface area contributed by atoms with E-state index in [9.17, 15) is 0 Å². The fraction of sp³-hybridized carbons (Fsp3) is 0.538. The predicted molar refractivity (Wildman–Crippen MR) is 83.1 cm³/mol. The van der Waals surface area contributed by atoms with Gasteiger partial charge in [0, 0.05) is 18.5 Å². The van der Waals surface area contributed by atoms with Crippen LogP contribution in [0.3, 0.4) is 0 Å². The first-order valence-corrected chi connectivity index (χ1v) is 8.46. The Balaban J connectivity index is 1.80. The zero-order chi connectivity index (χ0) is 13.9. The topological polar surface area (TPSA) is 64.3 Å². The number of nitrogen functional groups attached to an aromatic ring is 1. The molecule has 1 saturated heterocycles. The Kier molecular flexibility index (Phi) is 4.30. The minimum absolute atomic E-state index is 0.616. The second kappa shape index (κ2) is 6.17. The molecule has 0 unspecified atom stereocenters. The molecule has 0 atom stereocenters. The van der Waals surface area contributed by atoms with Gasteiger partial charge in [-0.1, -0.05) is 6.92 Å². The molecule has 0 spiro atoms. The summed E-state index contributed by atoms with van der Waals surface area (Å²) in [6, 6.07) is 0. The number of morpholine rings is 1. The van der Waals surface area contributed by atoms with E-state index in [-0.39, 0.29) is 0 Å². The Morgan fingerprint density at radius 1 is 1.35 bits per heavy atom. The second-order valence-corrected chi connectivity index (χ2v) is 6.67. The highest BCUT2D eigenvalue weighted by Crippen LogP contribution is 2.32. The van der Waals surface area contributed by atoms with Crippen molar-refractivity contribution in [1.82, 2.24) is 14.9 Å². The monoisotopic (exact) mass is 310 g/mol. The van der Waals surface area contributed by atoms with Crippen molar-refractivity contribution in [2.24, 2.45) is 0 Å². The molecule has 0 amide bonds. The predicted octanol–water partition coefficient (Wildman–Crippen LogP) is 2.24. The lowest BCUT2D eigenvalue weighted by molar-refractivity contribution is 0.0341. The average molecular weight is 310 g/mol. The maximum Gasteiger partial charge on any atom is 0.180 e. The van der Waals surface area contributed by atoms with E-state index in [4.69, 9.17) is 15.5 Å². The van der Waals surface area contributed by atoms with Crippen molar-refractivity contribution in [2.75, 3.05) is 32.0 Å². The van der Waals surface area contributed by atoms with Crippen LogP contribution in [0.15, 0.2) is 5.38 Å². The molecule has 0 aliphatic carbocycles. The molecule has 108 valence electrons. The van der Waals surface area contributed by atoms with Crippen molar-refractivity contribution >= 4 is 27.8 Å². The molecule has 3 heterocycles. The van der Waals surface area contributed by atoms with E-state index in [1.54, 1.807) is 11.3 Å². The molecule has 1 fully saturated rings. The number of anilines is 1. The van der Waals surface area contributed by atoms with Crippen molar-refractivity contribution in [3.8, 4) is 10.6 Å². The number of hydrogen-bond acceptors (Lipinski definition) is 7. The Bertz CT molecular complexity index is 575. The van der Waals surface area contributed by atoms with Crippen molar-refractivity contribution in [2.45, 2.75) is 19.9 Å². The minimum Gasteiger partial charge on any atom is -0.379 e. The standard InChI is InChI=1S/C13H18N4OS2/c1-2-9-12(10-8-19-13(14)16-10)20-11(15-9)7-17-3-5-18-6-4-17/h8H,2-7H2,1H3,(H2,14,16). The molecule has 2 aromatic heterocycles. The molecule has 1 aliphatic heterocycles. The highest BCUT2D eigenvalue weighted by atomic mass is 32.1. The lowest BCUT2D eigenvalue weighted by Gasteiger charge is -2.25. The van der Waals surface area contributed by atoms with Gasteiger partial charge in [-0.2, -0.15) is 0 Å². The van der Waals surface area contributed by atoms with Crippen LogP contribution in [0.25, 0.3) is 10.6 Å². The van der Waals surface area contributed by atoms with Crippen LogP contribution in [-0.4, -0.2) is 41.2 Å². The first-order chi connectivity index (χ1) is 9.76. The van der Waals surface area contributed by atoms with Gasteiger partial charge in [0.05, 0.1) is 36.0 Å². The van der Waals surface area contributed by atoms with E-state index < -0.39 is 0 Å². The zero-order valence-corrected chi connectivity index (χ0v) is 13.1. The molecule has 0 aromatic carbocycles. The quantitative estimate of drug-likeness (QED) is 0.938. The molecular weight excluding hydrogens is 292 g/mol. The Hall–Kier alpha value is -1.02. The van der Waals surface area contributed by atoms with Crippen molar-refractivity contribution in [1.29, 1.82) is 0 Å². The largest absolute Gasteiger partial charge is 0.379 e. The summed E-state index contributed by atoms with van der Waals surface area (Å²) >= 11 is 3.22. The summed E-state index contributed by atoms with van der Waals surface area (Å²) in [5.41, 5.74) is 7.83. The molecule has 1 aliphatic rings. The SMILES string of the molecule is CCc1nc(CN2CCOCC2)sc1-c1csc(N)n1. The molecule has 2 aromatic rings. The molecule has 0 radical (unpaired) electrons. The number of nitrogens with two attached hydrogens (primary N) is 1. The van der Waals surface area contributed by atoms with Gasteiger partial charge in [-0.05, 0) is 6.42 Å². The van der Waals surface area contributed by atoms with Gasteiger partial charge >= 0.3 is 0 Å². The summed E-state index contributed by atoms with van der Waals surface area (Å²) in [7, 11) is 0. The number of nitrogens with zero attached hydrogens (tertiary/aromatic N) is 3. The zero-order valence-electron chi connectivity index (χ0n) is 11.5. The molecule has 3 rings (SSSR count). The van der Waals surface area contributed by atoms with Crippen molar-refractivity contribution in [3.05, 3.63) is 16.1 Å². The van der Waals surface area contributed by atoms with Gasteiger partial charge in [0.25, 0.3) is 0 Å². The summed E-state index contributed by atoms with van der Waals surface area (Å²) in [5, 5.41) is 3.79. The molecule has 0 saturated carbocycles. The van der Waals surface area contributed by atoms with E-state index in [2.05, 4.69) is 16.8 Å². The van der Waals surface area contributed by atoms with Crippen LogP contribution in [-0.2, 0) is 17.7 Å². The number of thiazole rings is 2. The maximum absolute atomic E-state index is 5.73. The van der Waals surface area contributed by atoms with Crippen LogP contribution in [0.5, 0.6) is 0 Å². The molecule has 2 N–H and O–H groups in total. The third kappa shape index (κ3) is 3.01. The van der Waals surface area contributed by atoms with E-state index in [0.717, 1.165) is 55.7 Å². The summed E-state index contributed by atoms with van der Waals surface area (Å²) < 4.78 is 5.38. The summed E-state index contributed by atoms with van der Waals surface area (Å²) in [5.74, 6) is 0. The van der Waals surface area contributed by atoms with E-state index in [1.807, 2.05) is 5.38 Å². The third-order valence-electron chi connectivity index (χ3n) is 3.29. The highest BCUT2D eigenvalue weighted by Gasteiger charge is 2.17. The van der Waals surface area contributed by atoms with Gasteiger partial charge in [-0.25, -0.2) is 9.97 Å². The van der Waals surface area contributed by atoms with E-state index in [0.29, 0.717) is 5.13 Å². The first-order valence-electron chi connectivity index (χ1n) is 6.76. The van der Waals surface area contributed by atoms with Crippen molar-refractivity contribution < 1.29 is 4.74 Å². The van der Waals surface area contributed by atoms with E-state index >= 15 is 0 Å². The second-order valence-electron chi connectivity index (χ2n) is 4.70. The van der Waals surface area contributed by atoms with Gasteiger partial charge in [0.15, 0.2) is 5.13 Å². The molecule has 7 heteroatoms. The summed E-state index contributed by atoms with van der Waals surface area (Å²) in [6.45, 7) is 6.65. The number of ether oxygens (including phenoxy) is 1. The summed E-state index contributed by atoms with van der Waals surface area (Å²) in [6.07, 6.45) is 0.923. The van der Waals surface area contributed by atoms with Crippen LogP contribution >= 0.6 is 22.7 Å². The van der Waals surface area contributed by atoms with E-state index in [1.165, 1.54) is 16.2 Å². The molecule has 20 heavy (non-hydrogen) atoms. The Morgan fingerprint density at radius 3 is 2.80 bits per heavy atom. The van der Waals surface area contributed by atoms with Gasteiger partial charge in [-0.15, -0.1) is 22.7 Å². The van der Waals surface area contributed by atoms with Gasteiger partial charge < -0.3 is 10.5 Å². The fourth-order valence-corrected chi connectivity index (χ4v) is 4.03. The number of rotatable bonds is 4. The highest BCUT2D eigenvalue weighted by molar-refractivity contribution is 7.16. The number of aromatic nitrogens is 2. The molecule has 5 nitrogen and oxygen atoms in total. The first kappa shape index (κ1) is 13.9. The van der Waals surface area contributed by atoms with Crippen LogP contribution in [0.4, 0.5) is 5.13 Å². The minimum atomic E-state index is 0.616. The van der Waals surface area contributed by atoms with Gasteiger partial charge in [-0.3, -0.25) is 4.90 Å².